The van der Waals surface area contributed by atoms with Gasteiger partial charge in [0.25, 0.3) is 0 Å². The number of thiol groups is 1. The molecular formula is C8H16OS2. The van der Waals surface area contributed by atoms with Gasteiger partial charge in [0, 0.05) is 0 Å². The predicted molar refractivity (Wildman–Crippen MR) is 56.3 cm³/mol. The maximum Gasteiger partial charge on any atom is 0.217 e. The Kier molecular flexibility index (Phi) is 5.10. The largest absolute Gasteiger partial charge is 0.473 e. The van der Waals surface area contributed by atoms with Crippen LogP contribution in [0.2, 0.25) is 0 Å². The van der Waals surface area contributed by atoms with Gasteiger partial charge in [-0.1, -0.05) is 26.0 Å². The smallest absolute Gasteiger partial charge is 0.217 e. The maximum atomic E-state index is 5.34. The van der Waals surface area contributed by atoms with Gasteiger partial charge in [-0.3, -0.25) is 0 Å². The molecule has 0 saturated heterocycles. The van der Waals surface area contributed by atoms with Gasteiger partial charge in [0.1, 0.15) is 5.60 Å². The Morgan fingerprint density at radius 1 is 1.55 bits per heavy atom. The zero-order valence-electron chi connectivity index (χ0n) is 7.39. The molecule has 0 N–H and O–H groups in total. The molecule has 0 radical (unpaired) electrons. The number of rotatable bonds is 4. The van der Waals surface area contributed by atoms with Crippen LogP contribution in [0.4, 0.5) is 0 Å². The molecule has 0 heterocycles. The summed E-state index contributed by atoms with van der Waals surface area (Å²) in [5, 5.41) is 0. The first kappa shape index (κ1) is 11.2. The average molecular weight is 192 g/mol. The summed E-state index contributed by atoms with van der Waals surface area (Å²) >= 11 is 8.66. The Hall–Kier alpha value is 0.240. The van der Waals surface area contributed by atoms with Crippen molar-refractivity contribution in [2.75, 3.05) is 0 Å². The maximum absolute atomic E-state index is 5.34. The second-order valence-corrected chi connectivity index (χ2v) is 4.31. The van der Waals surface area contributed by atoms with E-state index in [1.54, 1.807) is 0 Å². The first-order chi connectivity index (χ1) is 4.98. The van der Waals surface area contributed by atoms with Gasteiger partial charge in [0.05, 0.1) is 0 Å². The van der Waals surface area contributed by atoms with Gasteiger partial charge in [0.2, 0.25) is 4.38 Å². The number of thiocarbonyl (C=S) groups is 1. The quantitative estimate of drug-likeness (QED) is 0.541. The van der Waals surface area contributed by atoms with Crippen LogP contribution in [0.15, 0.2) is 0 Å². The highest BCUT2D eigenvalue weighted by molar-refractivity contribution is 8.10. The van der Waals surface area contributed by atoms with Gasteiger partial charge >= 0.3 is 0 Å². The van der Waals surface area contributed by atoms with Crippen molar-refractivity contribution in [3.63, 3.8) is 0 Å². The lowest BCUT2D eigenvalue weighted by atomic mass is 10.0. The van der Waals surface area contributed by atoms with Crippen LogP contribution in [0.5, 0.6) is 0 Å². The minimum Gasteiger partial charge on any atom is -0.473 e. The van der Waals surface area contributed by atoms with Gasteiger partial charge < -0.3 is 4.74 Å². The molecule has 0 atom stereocenters. The van der Waals surface area contributed by atoms with E-state index in [9.17, 15) is 0 Å². The molecule has 66 valence electrons. The highest BCUT2D eigenvalue weighted by Crippen LogP contribution is 2.18. The summed E-state index contributed by atoms with van der Waals surface area (Å²) in [4.78, 5) is 0. The van der Waals surface area contributed by atoms with Gasteiger partial charge in [-0.05, 0) is 38.9 Å². The summed E-state index contributed by atoms with van der Waals surface area (Å²) in [5.41, 5.74) is -0.144. The molecule has 0 bridgehead atoms. The van der Waals surface area contributed by atoms with Crippen molar-refractivity contribution in [2.24, 2.45) is 0 Å². The molecule has 0 saturated carbocycles. The molecule has 0 aromatic heterocycles. The summed E-state index contributed by atoms with van der Waals surface area (Å²) < 4.78 is 5.67. The number of hydrogen-bond acceptors (Lipinski definition) is 2. The van der Waals surface area contributed by atoms with Crippen molar-refractivity contribution in [2.45, 2.75) is 45.6 Å². The normalized spacial score (nSPS) is 11.3. The van der Waals surface area contributed by atoms with Crippen molar-refractivity contribution < 1.29 is 4.74 Å². The van der Waals surface area contributed by atoms with E-state index >= 15 is 0 Å². The molecular weight excluding hydrogens is 176 g/mol. The van der Waals surface area contributed by atoms with Crippen LogP contribution in [0.25, 0.3) is 0 Å². The molecule has 0 amide bonds. The van der Waals surface area contributed by atoms with Crippen molar-refractivity contribution in [1.82, 2.24) is 0 Å². The van der Waals surface area contributed by atoms with E-state index in [0.717, 1.165) is 6.42 Å². The molecule has 11 heavy (non-hydrogen) atoms. The zero-order valence-corrected chi connectivity index (χ0v) is 9.10. The van der Waals surface area contributed by atoms with E-state index in [1.807, 2.05) is 13.8 Å². The fourth-order valence-electron chi connectivity index (χ4n) is 0.890. The van der Waals surface area contributed by atoms with E-state index < -0.39 is 0 Å². The van der Waals surface area contributed by atoms with Crippen LogP contribution in [0, 0.1) is 0 Å². The van der Waals surface area contributed by atoms with E-state index in [-0.39, 0.29) is 5.60 Å². The topological polar surface area (TPSA) is 9.23 Å². The molecule has 0 spiro atoms. The molecule has 3 heteroatoms. The number of hydrogen-bond donors (Lipinski definition) is 1. The monoisotopic (exact) mass is 192 g/mol. The molecule has 0 rings (SSSR count). The van der Waals surface area contributed by atoms with E-state index in [0.29, 0.717) is 4.38 Å². The Labute approximate surface area is 79.9 Å². The molecule has 0 aliphatic carbocycles. The molecule has 0 aromatic carbocycles. The highest BCUT2D eigenvalue weighted by atomic mass is 32.1. The van der Waals surface area contributed by atoms with Gasteiger partial charge in [-0.15, -0.1) is 0 Å². The predicted octanol–water partition coefficient (Wildman–Crippen LogP) is 3.19. The van der Waals surface area contributed by atoms with E-state index in [4.69, 9.17) is 17.0 Å². The summed E-state index contributed by atoms with van der Waals surface area (Å²) in [7, 11) is 0. The molecule has 0 aliphatic heterocycles. The number of unbranched alkanes of at least 4 members (excludes halogenated alkanes) is 1. The summed E-state index contributed by atoms with van der Waals surface area (Å²) in [6.45, 7) is 6.23. The SMILES string of the molecule is CCCCC(C)(C)OC(=S)S. The third-order valence-corrected chi connectivity index (χ3v) is 1.67. The van der Waals surface area contributed by atoms with Gasteiger partial charge in [-0.25, -0.2) is 0 Å². The van der Waals surface area contributed by atoms with Crippen LogP contribution in [-0.4, -0.2) is 9.98 Å². The molecule has 1 nitrogen and oxygen atoms in total. The lowest BCUT2D eigenvalue weighted by molar-refractivity contribution is 0.0930. The van der Waals surface area contributed by atoms with Crippen LogP contribution < -0.4 is 0 Å². The Morgan fingerprint density at radius 3 is 2.45 bits per heavy atom. The van der Waals surface area contributed by atoms with E-state index in [2.05, 4.69) is 19.6 Å². The van der Waals surface area contributed by atoms with E-state index in [1.165, 1.54) is 12.8 Å². The lowest BCUT2D eigenvalue weighted by Crippen LogP contribution is -2.25. The summed E-state index contributed by atoms with van der Waals surface area (Å²) in [5.74, 6) is 0. The summed E-state index contributed by atoms with van der Waals surface area (Å²) in [6, 6.07) is 0. The van der Waals surface area contributed by atoms with Crippen molar-refractivity contribution in [3.05, 3.63) is 0 Å². The third-order valence-electron chi connectivity index (χ3n) is 1.50. The molecule has 0 fully saturated rings. The molecule has 0 aliphatic rings. The fourth-order valence-corrected chi connectivity index (χ4v) is 1.36. The Balaban J connectivity index is 3.70. The van der Waals surface area contributed by atoms with Crippen molar-refractivity contribution >= 4 is 29.2 Å². The second-order valence-electron chi connectivity index (χ2n) is 3.23. The van der Waals surface area contributed by atoms with Crippen LogP contribution in [-0.2, 0) is 4.74 Å². The van der Waals surface area contributed by atoms with Gasteiger partial charge in [0.15, 0.2) is 0 Å². The summed E-state index contributed by atoms with van der Waals surface area (Å²) in [6.07, 6.45) is 3.39. The minimum absolute atomic E-state index is 0.144. The average Bonchev–Trinajstić information content (AvgIpc) is 1.81. The first-order valence-corrected chi connectivity index (χ1v) is 4.75. The zero-order chi connectivity index (χ0) is 8.91. The van der Waals surface area contributed by atoms with Crippen LogP contribution >= 0.6 is 24.8 Å². The second kappa shape index (κ2) is 4.99. The van der Waals surface area contributed by atoms with Gasteiger partial charge in [-0.2, -0.15) is 0 Å². The van der Waals surface area contributed by atoms with Crippen molar-refractivity contribution in [1.29, 1.82) is 0 Å². The third kappa shape index (κ3) is 6.63. The first-order valence-electron chi connectivity index (χ1n) is 3.90. The van der Waals surface area contributed by atoms with Crippen LogP contribution in [0.3, 0.4) is 0 Å². The highest BCUT2D eigenvalue weighted by Gasteiger charge is 2.18. The standard InChI is InChI=1S/C8H16OS2/c1-4-5-6-8(2,3)9-7(10)11/h4-6H2,1-3H3,(H,10,11). The Morgan fingerprint density at radius 2 is 2.09 bits per heavy atom. The minimum atomic E-state index is -0.144. The molecule has 0 unspecified atom stereocenters. The van der Waals surface area contributed by atoms with Crippen LogP contribution in [0.1, 0.15) is 40.0 Å². The fraction of sp³-hybridized carbons (Fsp3) is 0.875. The molecule has 0 aromatic rings. The number of ether oxygens (including phenoxy) is 1. The lowest BCUT2D eigenvalue weighted by Gasteiger charge is -2.24. The van der Waals surface area contributed by atoms with Crippen molar-refractivity contribution in [3.8, 4) is 0 Å². The Bertz CT molecular complexity index is 132.